The molecule has 20 heavy (non-hydrogen) atoms. The fraction of sp³-hybridized carbons (Fsp3) is 0.692. The molecule has 1 aromatic rings. The summed E-state index contributed by atoms with van der Waals surface area (Å²) in [6.45, 7) is 2.58. The Kier molecular flexibility index (Phi) is 4.74. The second-order valence-corrected chi connectivity index (χ2v) is 4.76. The quantitative estimate of drug-likeness (QED) is 0.801. The predicted octanol–water partition coefficient (Wildman–Crippen LogP) is 0.484. The molecule has 1 fully saturated rings. The normalized spacial score (nSPS) is 26.5. The lowest BCUT2D eigenvalue weighted by Gasteiger charge is -2.40. The number of amides is 1. The van der Waals surface area contributed by atoms with Crippen molar-refractivity contribution in [3.05, 3.63) is 17.8 Å². The van der Waals surface area contributed by atoms with Crippen LogP contribution >= 0.6 is 0 Å². The zero-order valence-corrected chi connectivity index (χ0v) is 12.2. The fourth-order valence-corrected chi connectivity index (χ4v) is 2.40. The number of oxazole rings is 1. The molecular weight excluding hydrogens is 264 g/mol. The van der Waals surface area contributed by atoms with E-state index in [1.807, 2.05) is 0 Å². The van der Waals surface area contributed by atoms with E-state index in [4.69, 9.17) is 18.6 Å². The van der Waals surface area contributed by atoms with E-state index in [9.17, 15) is 4.79 Å². The number of hydrogen-bond acceptors (Lipinski definition) is 6. The summed E-state index contributed by atoms with van der Waals surface area (Å²) < 4.78 is 21.5. The summed E-state index contributed by atoms with van der Waals surface area (Å²) in [4.78, 5) is 17.9. The summed E-state index contributed by atoms with van der Waals surface area (Å²) in [6, 6.07) is -0.240. The minimum atomic E-state index is -0.245. The monoisotopic (exact) mass is 284 g/mol. The molecule has 2 rings (SSSR count). The summed E-state index contributed by atoms with van der Waals surface area (Å²) in [5.74, 6) is -0.00528. The van der Waals surface area contributed by atoms with Crippen molar-refractivity contribution in [2.75, 3.05) is 34.5 Å². The van der Waals surface area contributed by atoms with E-state index in [-0.39, 0.29) is 29.9 Å². The molecule has 0 unspecified atom stereocenters. The van der Waals surface area contributed by atoms with Crippen molar-refractivity contribution in [2.24, 2.45) is 0 Å². The van der Waals surface area contributed by atoms with Crippen molar-refractivity contribution >= 4 is 5.91 Å². The van der Waals surface area contributed by atoms with Crippen LogP contribution in [-0.4, -0.2) is 68.5 Å². The van der Waals surface area contributed by atoms with E-state index in [0.717, 1.165) is 0 Å². The number of carbonyl (C=O) groups excluding carboxylic acids is 1. The number of ether oxygens (including phenoxy) is 3. The fourth-order valence-electron chi connectivity index (χ4n) is 2.40. The minimum Gasteiger partial charge on any atom is -0.438 e. The molecule has 0 N–H and O–H groups in total. The van der Waals surface area contributed by atoms with E-state index >= 15 is 0 Å². The molecule has 0 aliphatic carbocycles. The van der Waals surface area contributed by atoms with E-state index in [0.29, 0.717) is 18.9 Å². The summed E-state index contributed by atoms with van der Waals surface area (Å²) in [6.07, 6.45) is 0.815. The van der Waals surface area contributed by atoms with Crippen molar-refractivity contribution in [1.82, 2.24) is 9.88 Å². The van der Waals surface area contributed by atoms with Gasteiger partial charge in [-0.15, -0.1) is 0 Å². The van der Waals surface area contributed by atoms with E-state index in [1.54, 1.807) is 33.1 Å². The molecule has 2 heterocycles. The zero-order chi connectivity index (χ0) is 14.7. The molecule has 0 spiro atoms. The first-order valence-electron chi connectivity index (χ1n) is 6.40. The van der Waals surface area contributed by atoms with Gasteiger partial charge in [-0.2, -0.15) is 0 Å². The molecule has 3 atom stereocenters. The lowest BCUT2D eigenvalue weighted by Crippen LogP contribution is -2.57. The summed E-state index contributed by atoms with van der Waals surface area (Å²) >= 11 is 0. The lowest BCUT2D eigenvalue weighted by molar-refractivity contribution is -0.147. The van der Waals surface area contributed by atoms with E-state index in [2.05, 4.69) is 4.98 Å². The van der Waals surface area contributed by atoms with E-state index < -0.39 is 0 Å². The molecular formula is C13H20N2O5. The molecule has 7 heteroatoms. The van der Waals surface area contributed by atoms with Crippen LogP contribution in [0.15, 0.2) is 10.8 Å². The van der Waals surface area contributed by atoms with Crippen LogP contribution < -0.4 is 0 Å². The maximum Gasteiger partial charge on any atom is 0.291 e. The minimum absolute atomic E-state index is 0.204. The van der Waals surface area contributed by atoms with Crippen LogP contribution in [0.5, 0.6) is 0 Å². The highest BCUT2D eigenvalue weighted by molar-refractivity contribution is 5.92. The predicted molar refractivity (Wildman–Crippen MR) is 69.5 cm³/mol. The number of nitrogens with zero attached hydrogens (tertiary/aromatic N) is 2. The van der Waals surface area contributed by atoms with Gasteiger partial charge in [0.25, 0.3) is 5.91 Å². The molecule has 1 saturated heterocycles. The number of rotatable bonds is 4. The number of aromatic nitrogens is 1. The first kappa shape index (κ1) is 15.0. The van der Waals surface area contributed by atoms with Crippen LogP contribution in [0.1, 0.15) is 16.2 Å². The maximum absolute atomic E-state index is 12.4. The first-order chi connectivity index (χ1) is 9.60. The highest BCUT2D eigenvalue weighted by atomic mass is 16.6. The van der Waals surface area contributed by atoms with Crippen LogP contribution in [0, 0.1) is 6.92 Å². The zero-order valence-electron chi connectivity index (χ0n) is 12.2. The third kappa shape index (κ3) is 2.70. The van der Waals surface area contributed by atoms with Gasteiger partial charge >= 0.3 is 0 Å². The smallest absolute Gasteiger partial charge is 0.291 e. The van der Waals surface area contributed by atoms with Crippen LogP contribution in [0.25, 0.3) is 0 Å². The molecule has 0 aromatic carbocycles. The standard InChI is InChI=1S/C13H20N2O5/c1-8-11(20-7-14-8)13(16)15(2)9-5-19-6-10(17-3)12(9)18-4/h7,9-10,12H,5-6H2,1-4H3/t9-,10-,12+/m1/s1. The van der Waals surface area contributed by atoms with Crippen LogP contribution in [-0.2, 0) is 14.2 Å². The Morgan fingerprint density at radius 3 is 2.70 bits per heavy atom. The number of likely N-dealkylation sites (N-methyl/N-ethyl adjacent to an activating group) is 1. The van der Waals surface area contributed by atoms with Crippen molar-refractivity contribution in [3.8, 4) is 0 Å². The Balaban J connectivity index is 2.16. The summed E-state index contributed by atoms with van der Waals surface area (Å²) in [5.41, 5.74) is 0.566. The molecule has 1 aliphatic heterocycles. The Bertz CT molecular complexity index is 461. The summed E-state index contributed by atoms with van der Waals surface area (Å²) in [7, 11) is 4.90. The van der Waals surface area contributed by atoms with Gasteiger partial charge in [0.2, 0.25) is 5.76 Å². The molecule has 0 saturated carbocycles. The van der Waals surface area contributed by atoms with Gasteiger partial charge < -0.3 is 23.5 Å². The van der Waals surface area contributed by atoms with Crippen LogP contribution in [0.2, 0.25) is 0 Å². The van der Waals surface area contributed by atoms with Crippen molar-refractivity contribution in [3.63, 3.8) is 0 Å². The van der Waals surface area contributed by atoms with Crippen molar-refractivity contribution in [1.29, 1.82) is 0 Å². The molecule has 0 radical (unpaired) electrons. The van der Waals surface area contributed by atoms with Gasteiger partial charge in [0.1, 0.15) is 12.2 Å². The Labute approximate surface area is 117 Å². The molecule has 1 aromatic heterocycles. The average molecular weight is 284 g/mol. The van der Waals surface area contributed by atoms with Gasteiger partial charge in [0.05, 0.1) is 24.9 Å². The van der Waals surface area contributed by atoms with Gasteiger partial charge in [0, 0.05) is 21.3 Å². The Morgan fingerprint density at radius 2 is 2.15 bits per heavy atom. The second-order valence-electron chi connectivity index (χ2n) is 4.76. The van der Waals surface area contributed by atoms with Gasteiger partial charge in [-0.25, -0.2) is 4.98 Å². The Morgan fingerprint density at radius 1 is 1.40 bits per heavy atom. The van der Waals surface area contributed by atoms with Gasteiger partial charge in [-0.3, -0.25) is 4.79 Å². The third-order valence-corrected chi connectivity index (χ3v) is 3.65. The SMILES string of the molecule is CO[C@H]1[C@H](N(C)C(=O)c2ocnc2C)COC[C@H]1OC. The molecule has 1 amide bonds. The Hall–Kier alpha value is -1.44. The molecule has 0 bridgehead atoms. The highest BCUT2D eigenvalue weighted by Crippen LogP contribution is 2.21. The third-order valence-electron chi connectivity index (χ3n) is 3.65. The summed E-state index contributed by atoms with van der Waals surface area (Å²) in [5, 5.41) is 0. The molecule has 112 valence electrons. The van der Waals surface area contributed by atoms with Gasteiger partial charge in [0.15, 0.2) is 6.39 Å². The first-order valence-corrected chi connectivity index (χ1v) is 6.40. The van der Waals surface area contributed by atoms with Gasteiger partial charge in [-0.05, 0) is 6.92 Å². The lowest BCUT2D eigenvalue weighted by atomic mass is 10.0. The van der Waals surface area contributed by atoms with E-state index in [1.165, 1.54) is 6.39 Å². The van der Waals surface area contributed by atoms with Crippen LogP contribution in [0.4, 0.5) is 0 Å². The molecule has 1 aliphatic rings. The largest absolute Gasteiger partial charge is 0.438 e. The number of carbonyl (C=O) groups is 1. The van der Waals surface area contributed by atoms with Gasteiger partial charge in [-0.1, -0.05) is 0 Å². The maximum atomic E-state index is 12.4. The van der Waals surface area contributed by atoms with Crippen molar-refractivity contribution in [2.45, 2.75) is 25.2 Å². The topological polar surface area (TPSA) is 74.0 Å². The highest BCUT2D eigenvalue weighted by Gasteiger charge is 2.39. The second kappa shape index (κ2) is 6.34. The number of methoxy groups -OCH3 is 2. The van der Waals surface area contributed by atoms with Crippen molar-refractivity contribution < 1.29 is 23.4 Å². The van der Waals surface area contributed by atoms with Crippen LogP contribution in [0.3, 0.4) is 0 Å². The number of hydrogen-bond donors (Lipinski definition) is 0. The number of aryl methyl sites for hydroxylation is 1. The average Bonchev–Trinajstić information content (AvgIpc) is 2.90. The molecule has 7 nitrogen and oxygen atoms in total.